The van der Waals surface area contributed by atoms with E-state index in [0.29, 0.717) is 6.54 Å². The molecule has 0 aromatic carbocycles. The molecule has 2 N–H and O–H groups in total. The number of amides is 2. The first-order valence-corrected chi connectivity index (χ1v) is 7.95. The van der Waals surface area contributed by atoms with Crippen LogP contribution in [0.3, 0.4) is 0 Å². The van der Waals surface area contributed by atoms with Crippen LogP contribution in [-0.2, 0) is 4.79 Å². The number of nitrogens with zero attached hydrogens (tertiary/aromatic N) is 2. The maximum Gasteiger partial charge on any atom is 0.317 e. The quantitative estimate of drug-likeness (QED) is 0.703. The molecule has 2 amide bonds. The van der Waals surface area contributed by atoms with Crippen LogP contribution < -0.4 is 5.32 Å². The van der Waals surface area contributed by atoms with Gasteiger partial charge in [-0.25, -0.2) is 4.79 Å². The SMILES string of the molecule is CC1CN(C)CCCN1C(=O)NCCCCCCC(=O)O. The van der Waals surface area contributed by atoms with Crippen LogP contribution in [0.15, 0.2) is 0 Å². The third-order valence-corrected chi connectivity index (χ3v) is 3.90. The Bertz CT molecular complexity index is 336. The fourth-order valence-electron chi connectivity index (χ4n) is 2.73. The van der Waals surface area contributed by atoms with Crippen LogP contribution >= 0.6 is 0 Å². The predicted molar refractivity (Wildman–Crippen MR) is 82.4 cm³/mol. The highest BCUT2D eigenvalue weighted by atomic mass is 16.4. The highest BCUT2D eigenvalue weighted by molar-refractivity contribution is 5.74. The summed E-state index contributed by atoms with van der Waals surface area (Å²) >= 11 is 0. The summed E-state index contributed by atoms with van der Waals surface area (Å²) in [6.07, 6.45) is 4.76. The van der Waals surface area contributed by atoms with Crippen molar-refractivity contribution in [3.63, 3.8) is 0 Å². The van der Waals surface area contributed by atoms with Gasteiger partial charge in [0.05, 0.1) is 0 Å². The van der Waals surface area contributed by atoms with Crippen LogP contribution in [0.2, 0.25) is 0 Å². The van der Waals surface area contributed by atoms with Crippen molar-refractivity contribution in [1.82, 2.24) is 15.1 Å². The molecule has 1 unspecified atom stereocenters. The van der Waals surface area contributed by atoms with Crippen molar-refractivity contribution >= 4 is 12.0 Å². The number of urea groups is 1. The molecular formula is C15H29N3O3. The lowest BCUT2D eigenvalue weighted by Crippen LogP contribution is -2.47. The molecule has 122 valence electrons. The number of hydrogen-bond donors (Lipinski definition) is 2. The summed E-state index contributed by atoms with van der Waals surface area (Å²) in [5, 5.41) is 11.5. The molecule has 6 heteroatoms. The second-order valence-electron chi connectivity index (χ2n) is 5.95. The number of carboxylic acid groups (broad SMARTS) is 1. The van der Waals surface area contributed by atoms with E-state index in [9.17, 15) is 9.59 Å². The molecular weight excluding hydrogens is 270 g/mol. The number of nitrogens with one attached hydrogen (secondary N) is 1. The molecule has 6 nitrogen and oxygen atoms in total. The van der Waals surface area contributed by atoms with Gasteiger partial charge in [0.1, 0.15) is 0 Å². The van der Waals surface area contributed by atoms with Crippen molar-refractivity contribution in [2.24, 2.45) is 0 Å². The zero-order valence-electron chi connectivity index (χ0n) is 13.3. The van der Waals surface area contributed by atoms with E-state index in [-0.39, 0.29) is 18.5 Å². The molecule has 0 bridgehead atoms. The van der Waals surface area contributed by atoms with Crippen molar-refractivity contribution < 1.29 is 14.7 Å². The minimum Gasteiger partial charge on any atom is -0.481 e. The summed E-state index contributed by atoms with van der Waals surface area (Å²) in [6, 6.07) is 0.274. The highest BCUT2D eigenvalue weighted by Crippen LogP contribution is 2.09. The van der Waals surface area contributed by atoms with Crippen molar-refractivity contribution in [2.45, 2.75) is 51.5 Å². The maximum absolute atomic E-state index is 12.2. The summed E-state index contributed by atoms with van der Waals surface area (Å²) in [7, 11) is 2.09. The zero-order chi connectivity index (χ0) is 15.7. The van der Waals surface area contributed by atoms with E-state index < -0.39 is 5.97 Å². The third-order valence-electron chi connectivity index (χ3n) is 3.90. The molecule has 1 heterocycles. The highest BCUT2D eigenvalue weighted by Gasteiger charge is 2.23. The first kappa shape index (κ1) is 17.8. The van der Waals surface area contributed by atoms with Gasteiger partial charge in [-0.15, -0.1) is 0 Å². The van der Waals surface area contributed by atoms with Crippen molar-refractivity contribution in [3.05, 3.63) is 0 Å². The Labute approximate surface area is 127 Å². The van der Waals surface area contributed by atoms with Crippen LogP contribution in [0.5, 0.6) is 0 Å². The van der Waals surface area contributed by atoms with Gasteiger partial charge in [0, 0.05) is 32.1 Å². The van der Waals surface area contributed by atoms with Crippen LogP contribution in [0.4, 0.5) is 4.79 Å². The Morgan fingerprint density at radius 3 is 2.62 bits per heavy atom. The number of aliphatic carboxylic acids is 1. The van der Waals surface area contributed by atoms with Crippen molar-refractivity contribution in [3.8, 4) is 0 Å². The van der Waals surface area contributed by atoms with Gasteiger partial charge in [0.15, 0.2) is 0 Å². The smallest absolute Gasteiger partial charge is 0.317 e. The average Bonchev–Trinajstić information content (AvgIpc) is 2.57. The molecule has 1 aliphatic heterocycles. The van der Waals surface area contributed by atoms with E-state index in [1.165, 1.54) is 0 Å². The fraction of sp³-hybridized carbons (Fsp3) is 0.867. The van der Waals surface area contributed by atoms with Crippen LogP contribution in [0.25, 0.3) is 0 Å². The topological polar surface area (TPSA) is 72.9 Å². The second-order valence-corrected chi connectivity index (χ2v) is 5.95. The molecule has 1 atom stereocenters. The Kier molecular flexibility index (Phi) is 8.12. The third kappa shape index (κ3) is 7.32. The van der Waals surface area contributed by atoms with E-state index in [1.54, 1.807) is 0 Å². The lowest BCUT2D eigenvalue weighted by Gasteiger charge is -2.28. The predicted octanol–water partition coefficient (Wildman–Crippen LogP) is 1.76. The number of carbonyl (C=O) groups excluding carboxylic acids is 1. The summed E-state index contributed by atoms with van der Waals surface area (Å²) in [5.41, 5.74) is 0. The molecule has 0 aromatic heterocycles. The van der Waals surface area contributed by atoms with Gasteiger partial charge < -0.3 is 20.2 Å². The fourth-order valence-corrected chi connectivity index (χ4v) is 2.73. The average molecular weight is 299 g/mol. The second kappa shape index (κ2) is 9.60. The summed E-state index contributed by atoms with van der Waals surface area (Å²) in [4.78, 5) is 26.7. The van der Waals surface area contributed by atoms with Gasteiger partial charge in [0.2, 0.25) is 0 Å². The van der Waals surface area contributed by atoms with Crippen molar-refractivity contribution in [2.75, 3.05) is 33.2 Å². The lowest BCUT2D eigenvalue weighted by molar-refractivity contribution is -0.137. The minimum atomic E-state index is -0.733. The van der Waals surface area contributed by atoms with E-state index in [1.807, 2.05) is 4.90 Å². The molecule has 1 rings (SSSR count). The van der Waals surface area contributed by atoms with Gasteiger partial charge in [0.25, 0.3) is 0 Å². The van der Waals surface area contributed by atoms with Gasteiger partial charge in [-0.05, 0) is 39.8 Å². The molecule has 1 saturated heterocycles. The summed E-state index contributed by atoms with van der Waals surface area (Å²) in [5.74, 6) is -0.733. The Morgan fingerprint density at radius 1 is 1.19 bits per heavy atom. The van der Waals surface area contributed by atoms with Gasteiger partial charge in [-0.3, -0.25) is 4.79 Å². The standard InChI is InChI=1S/C15H29N3O3/c1-13-12-17(2)10-7-11-18(13)15(21)16-9-6-4-3-5-8-14(19)20/h13H,3-12H2,1-2H3,(H,16,21)(H,19,20). The van der Waals surface area contributed by atoms with E-state index >= 15 is 0 Å². The van der Waals surface area contributed by atoms with Gasteiger partial charge in [-0.1, -0.05) is 12.8 Å². The zero-order valence-corrected chi connectivity index (χ0v) is 13.3. The summed E-state index contributed by atoms with van der Waals surface area (Å²) in [6.45, 7) is 5.54. The summed E-state index contributed by atoms with van der Waals surface area (Å²) < 4.78 is 0. The molecule has 0 radical (unpaired) electrons. The number of likely N-dealkylation sites (N-methyl/N-ethyl adjacent to an activating group) is 1. The maximum atomic E-state index is 12.2. The molecule has 1 aliphatic rings. The van der Waals surface area contributed by atoms with Crippen LogP contribution in [0, 0.1) is 0 Å². The van der Waals surface area contributed by atoms with Gasteiger partial charge >= 0.3 is 12.0 Å². The monoisotopic (exact) mass is 299 g/mol. The largest absolute Gasteiger partial charge is 0.481 e. The first-order valence-electron chi connectivity index (χ1n) is 7.95. The van der Waals surface area contributed by atoms with E-state index in [0.717, 1.165) is 51.7 Å². The Hall–Kier alpha value is -1.30. The van der Waals surface area contributed by atoms with Crippen LogP contribution in [0.1, 0.15) is 45.4 Å². The molecule has 21 heavy (non-hydrogen) atoms. The number of carbonyl (C=O) groups is 2. The molecule has 0 aromatic rings. The molecule has 0 aliphatic carbocycles. The van der Waals surface area contributed by atoms with E-state index in [2.05, 4.69) is 24.2 Å². The molecule has 0 saturated carbocycles. The van der Waals surface area contributed by atoms with Crippen molar-refractivity contribution in [1.29, 1.82) is 0 Å². The lowest BCUT2D eigenvalue weighted by atomic mass is 10.1. The normalized spacial score (nSPS) is 20.1. The Balaban J connectivity index is 2.13. The number of carboxylic acids is 1. The number of unbranched alkanes of at least 4 members (excludes halogenated alkanes) is 3. The number of hydrogen-bond acceptors (Lipinski definition) is 3. The van der Waals surface area contributed by atoms with Gasteiger partial charge in [-0.2, -0.15) is 0 Å². The molecule has 0 spiro atoms. The molecule has 1 fully saturated rings. The minimum absolute atomic E-state index is 0.0309. The first-order chi connectivity index (χ1) is 10.0. The van der Waals surface area contributed by atoms with E-state index in [4.69, 9.17) is 5.11 Å². The Morgan fingerprint density at radius 2 is 1.90 bits per heavy atom. The number of rotatable bonds is 7. The van der Waals surface area contributed by atoms with Crippen LogP contribution in [-0.4, -0.2) is 66.2 Å².